The largest absolute Gasteiger partial charge is 0.483 e. The molecule has 0 bridgehead atoms. The smallest absolute Gasteiger partial charge is 0.177 e. The number of halogens is 3. The van der Waals surface area contributed by atoms with E-state index < -0.39 is 0 Å². The maximum Gasteiger partial charge on any atom is 0.177 e. The fourth-order valence-electron chi connectivity index (χ4n) is 0.842. The predicted octanol–water partition coefficient (Wildman–Crippen LogP) is 2.63. The molecular weight excluding hydrogens is 537 g/mol. The van der Waals surface area contributed by atoms with Crippen molar-refractivity contribution < 1.29 is 9.94 Å². The Balaban J connectivity index is 2.86. The third-order valence-electron chi connectivity index (χ3n) is 1.46. The number of ether oxygens (including phenoxy) is 1. The Hall–Kier alpha value is 0.480. The zero-order valence-electron chi connectivity index (χ0n) is 7.38. The highest BCUT2D eigenvalue weighted by Gasteiger charge is 2.08. The van der Waals surface area contributed by atoms with Crippen molar-refractivity contribution in [2.75, 3.05) is 6.61 Å². The number of nitrogens with zero attached hydrogens (tertiary/aromatic N) is 1. The highest BCUT2D eigenvalue weighted by atomic mass is 127. The second kappa shape index (κ2) is 6.27. The summed E-state index contributed by atoms with van der Waals surface area (Å²) in [7, 11) is 0. The van der Waals surface area contributed by atoms with Gasteiger partial charge in [0.25, 0.3) is 0 Å². The number of nitrogens with two attached hydrogens (primary N) is 1. The fourth-order valence-corrected chi connectivity index (χ4v) is 4.74. The SMILES string of the molecule is N/C(COc1c(I)cc(I)cc1I)=N\O. The fraction of sp³-hybridized carbons (Fsp3) is 0.125. The van der Waals surface area contributed by atoms with Crippen LogP contribution in [0, 0.1) is 10.7 Å². The molecule has 0 radical (unpaired) electrons. The van der Waals surface area contributed by atoms with Crippen molar-refractivity contribution in [1.29, 1.82) is 0 Å². The van der Waals surface area contributed by atoms with E-state index in [0.717, 1.165) is 16.5 Å². The highest BCUT2D eigenvalue weighted by Crippen LogP contribution is 2.29. The highest BCUT2D eigenvalue weighted by molar-refractivity contribution is 14.1. The Morgan fingerprint density at radius 2 is 1.87 bits per heavy atom. The van der Waals surface area contributed by atoms with Gasteiger partial charge in [-0.1, -0.05) is 5.16 Å². The van der Waals surface area contributed by atoms with Crippen LogP contribution in [0.15, 0.2) is 17.3 Å². The quantitative estimate of drug-likeness (QED) is 0.203. The lowest BCUT2D eigenvalue weighted by atomic mass is 10.3. The Labute approximate surface area is 128 Å². The lowest BCUT2D eigenvalue weighted by molar-refractivity contribution is 0.305. The molecule has 0 amide bonds. The maximum atomic E-state index is 8.37. The minimum atomic E-state index is 0.0557. The summed E-state index contributed by atoms with van der Waals surface area (Å²) in [6, 6.07) is 4.01. The van der Waals surface area contributed by atoms with Crippen molar-refractivity contribution in [3.63, 3.8) is 0 Å². The van der Waals surface area contributed by atoms with Crippen LogP contribution in [-0.4, -0.2) is 17.6 Å². The first-order chi connectivity index (χ1) is 7.04. The van der Waals surface area contributed by atoms with Gasteiger partial charge in [0.1, 0.15) is 12.4 Å². The van der Waals surface area contributed by atoms with Gasteiger partial charge < -0.3 is 15.7 Å². The third kappa shape index (κ3) is 4.09. The Morgan fingerprint density at radius 1 is 1.33 bits per heavy atom. The molecule has 0 saturated carbocycles. The first-order valence-electron chi connectivity index (χ1n) is 3.78. The molecule has 0 fully saturated rings. The number of hydrogen-bond donors (Lipinski definition) is 2. The van der Waals surface area contributed by atoms with Crippen LogP contribution in [-0.2, 0) is 0 Å². The second-order valence-electron chi connectivity index (χ2n) is 2.58. The van der Waals surface area contributed by atoms with Gasteiger partial charge >= 0.3 is 0 Å². The Morgan fingerprint density at radius 3 is 2.33 bits per heavy atom. The van der Waals surface area contributed by atoms with Crippen LogP contribution in [0.3, 0.4) is 0 Å². The monoisotopic (exact) mass is 544 g/mol. The van der Waals surface area contributed by atoms with E-state index in [0.29, 0.717) is 0 Å². The summed E-state index contributed by atoms with van der Waals surface area (Å²) in [6.07, 6.45) is 0. The van der Waals surface area contributed by atoms with Crippen LogP contribution in [0.5, 0.6) is 5.75 Å². The van der Waals surface area contributed by atoms with Crippen LogP contribution >= 0.6 is 67.8 Å². The molecule has 7 heteroatoms. The lowest BCUT2D eigenvalue weighted by Gasteiger charge is -2.09. The number of oxime groups is 1. The van der Waals surface area contributed by atoms with E-state index in [1.54, 1.807) is 0 Å². The molecule has 4 nitrogen and oxygen atoms in total. The van der Waals surface area contributed by atoms with Crippen molar-refractivity contribution in [3.8, 4) is 5.75 Å². The molecule has 0 spiro atoms. The molecular formula is C8H7I3N2O2. The Kier molecular flexibility index (Phi) is 5.66. The van der Waals surface area contributed by atoms with Gasteiger partial charge in [-0.05, 0) is 79.9 Å². The average molecular weight is 544 g/mol. The summed E-state index contributed by atoms with van der Waals surface area (Å²) in [5.41, 5.74) is 5.32. The van der Waals surface area contributed by atoms with Gasteiger partial charge in [-0.15, -0.1) is 0 Å². The van der Waals surface area contributed by atoms with Crippen molar-refractivity contribution in [1.82, 2.24) is 0 Å². The number of rotatable bonds is 3. The standard InChI is InChI=1S/C8H7I3N2O2/c9-4-1-5(10)8(6(11)2-4)15-3-7(12)13-14/h1-2,14H,3H2,(H2,12,13). The zero-order valence-corrected chi connectivity index (χ0v) is 13.8. The average Bonchev–Trinajstić information content (AvgIpc) is 2.15. The summed E-state index contributed by atoms with van der Waals surface area (Å²) < 4.78 is 8.61. The predicted molar refractivity (Wildman–Crippen MR) is 83.5 cm³/mol. The molecule has 0 unspecified atom stereocenters. The van der Waals surface area contributed by atoms with Gasteiger partial charge in [0.15, 0.2) is 5.84 Å². The van der Waals surface area contributed by atoms with Crippen molar-refractivity contribution in [2.24, 2.45) is 10.9 Å². The number of amidine groups is 1. The van der Waals surface area contributed by atoms with Gasteiger partial charge in [0.05, 0.1) is 7.14 Å². The van der Waals surface area contributed by atoms with E-state index in [-0.39, 0.29) is 12.4 Å². The van der Waals surface area contributed by atoms with Crippen molar-refractivity contribution >= 4 is 73.6 Å². The van der Waals surface area contributed by atoms with Crippen molar-refractivity contribution in [3.05, 3.63) is 22.8 Å². The van der Waals surface area contributed by atoms with E-state index >= 15 is 0 Å². The number of benzene rings is 1. The minimum Gasteiger partial charge on any atom is -0.483 e. The van der Waals surface area contributed by atoms with Crippen LogP contribution in [0.2, 0.25) is 0 Å². The Bertz CT molecular complexity index is 372. The number of hydrogen-bond acceptors (Lipinski definition) is 3. The normalized spacial score (nSPS) is 11.5. The third-order valence-corrected chi connectivity index (χ3v) is 3.68. The molecule has 0 atom stereocenters. The topological polar surface area (TPSA) is 67.8 Å². The summed E-state index contributed by atoms with van der Waals surface area (Å²) in [5.74, 6) is 0.823. The lowest BCUT2D eigenvalue weighted by Crippen LogP contribution is -2.21. The molecule has 0 aliphatic rings. The maximum absolute atomic E-state index is 8.37. The van der Waals surface area contributed by atoms with E-state index in [1.807, 2.05) is 12.1 Å². The minimum absolute atomic E-state index is 0.0557. The summed E-state index contributed by atoms with van der Waals surface area (Å²) >= 11 is 6.63. The first kappa shape index (κ1) is 13.5. The molecule has 82 valence electrons. The molecule has 0 saturated heterocycles. The first-order valence-corrected chi connectivity index (χ1v) is 7.02. The van der Waals surface area contributed by atoms with E-state index in [4.69, 9.17) is 15.7 Å². The van der Waals surface area contributed by atoms with Gasteiger partial charge in [0, 0.05) is 3.57 Å². The molecule has 1 rings (SSSR count). The van der Waals surface area contributed by atoms with Crippen LogP contribution < -0.4 is 10.5 Å². The van der Waals surface area contributed by atoms with E-state index in [1.165, 1.54) is 0 Å². The molecule has 3 N–H and O–H groups in total. The van der Waals surface area contributed by atoms with Gasteiger partial charge in [-0.3, -0.25) is 0 Å². The second-order valence-corrected chi connectivity index (χ2v) is 6.15. The van der Waals surface area contributed by atoms with Crippen molar-refractivity contribution in [2.45, 2.75) is 0 Å². The van der Waals surface area contributed by atoms with Crippen LogP contribution in [0.25, 0.3) is 0 Å². The van der Waals surface area contributed by atoms with Gasteiger partial charge in [-0.25, -0.2) is 0 Å². The molecule has 0 aliphatic heterocycles. The molecule has 1 aromatic carbocycles. The van der Waals surface area contributed by atoms with Gasteiger partial charge in [0.2, 0.25) is 0 Å². The summed E-state index contributed by atoms with van der Waals surface area (Å²) in [5, 5.41) is 11.2. The van der Waals surface area contributed by atoms with E-state index in [2.05, 4.69) is 72.9 Å². The van der Waals surface area contributed by atoms with E-state index in [9.17, 15) is 0 Å². The summed E-state index contributed by atoms with van der Waals surface area (Å²) in [6.45, 7) is 0.0864. The van der Waals surface area contributed by atoms with Crippen LogP contribution in [0.4, 0.5) is 0 Å². The summed E-state index contributed by atoms with van der Waals surface area (Å²) in [4.78, 5) is 0. The molecule has 0 aliphatic carbocycles. The van der Waals surface area contributed by atoms with Gasteiger partial charge in [-0.2, -0.15) is 0 Å². The molecule has 0 heterocycles. The molecule has 0 aromatic heterocycles. The molecule has 1 aromatic rings. The zero-order chi connectivity index (χ0) is 11.4. The van der Waals surface area contributed by atoms with Crippen LogP contribution in [0.1, 0.15) is 0 Å². The molecule has 15 heavy (non-hydrogen) atoms.